The molecule has 1 N–H and O–H groups in total. The van der Waals surface area contributed by atoms with Crippen molar-refractivity contribution < 1.29 is 19.3 Å². The zero-order valence-electron chi connectivity index (χ0n) is 20.6. The number of likely N-dealkylation sites (tertiary alicyclic amines) is 1. The van der Waals surface area contributed by atoms with Crippen LogP contribution in [0.5, 0.6) is 0 Å². The van der Waals surface area contributed by atoms with E-state index in [0.29, 0.717) is 17.9 Å². The van der Waals surface area contributed by atoms with Gasteiger partial charge in [-0.1, -0.05) is 48.5 Å². The Balaban J connectivity index is 1.36. The number of amides is 3. The minimum absolute atomic E-state index is 0.0921. The van der Waals surface area contributed by atoms with Crippen molar-refractivity contribution in [3.63, 3.8) is 0 Å². The van der Waals surface area contributed by atoms with Crippen LogP contribution in [0.4, 0.5) is 11.4 Å². The van der Waals surface area contributed by atoms with Gasteiger partial charge in [0.05, 0.1) is 16.8 Å². The normalized spacial score (nSPS) is 23.4. The van der Waals surface area contributed by atoms with Crippen LogP contribution in [0.1, 0.15) is 40.5 Å². The lowest BCUT2D eigenvalue weighted by Crippen LogP contribution is -2.48. The number of nitrogens with zero attached hydrogens (tertiary/aromatic N) is 2. The molecule has 1 aliphatic heterocycles. The molecular weight excluding hydrogens is 502 g/mol. The number of non-ortho nitro benzene ring substituents is 1. The van der Waals surface area contributed by atoms with Gasteiger partial charge >= 0.3 is 0 Å². The molecule has 9 heteroatoms. The monoisotopic (exact) mass is 527 g/mol. The number of anilines is 1. The van der Waals surface area contributed by atoms with E-state index in [4.69, 9.17) is 0 Å². The summed E-state index contributed by atoms with van der Waals surface area (Å²) in [5.74, 6) is -2.08. The minimum Gasteiger partial charge on any atom is -0.324 e. The van der Waals surface area contributed by atoms with Crippen LogP contribution in [0, 0.1) is 22.0 Å². The molecule has 1 heterocycles. The number of hydrogen-bond donors (Lipinski definition) is 1. The molecule has 0 aromatic heterocycles. The van der Waals surface area contributed by atoms with Gasteiger partial charge in [0.2, 0.25) is 17.7 Å². The number of thioether (sulfide) groups is 1. The summed E-state index contributed by atoms with van der Waals surface area (Å²) in [4.78, 5) is 53.4. The molecule has 0 spiro atoms. The molecule has 3 atom stereocenters. The highest BCUT2D eigenvalue weighted by molar-refractivity contribution is 7.98. The van der Waals surface area contributed by atoms with Gasteiger partial charge in [0.15, 0.2) is 0 Å². The van der Waals surface area contributed by atoms with Crippen LogP contribution >= 0.6 is 11.8 Å². The van der Waals surface area contributed by atoms with E-state index in [9.17, 15) is 24.5 Å². The zero-order valence-corrected chi connectivity index (χ0v) is 21.4. The third-order valence-electron chi connectivity index (χ3n) is 8.04. The molecule has 38 heavy (non-hydrogen) atoms. The van der Waals surface area contributed by atoms with Gasteiger partial charge in [-0.05, 0) is 52.8 Å². The number of benzene rings is 3. The first kappa shape index (κ1) is 24.4. The van der Waals surface area contributed by atoms with Gasteiger partial charge < -0.3 is 5.32 Å². The van der Waals surface area contributed by atoms with Gasteiger partial charge in [0, 0.05) is 29.7 Å². The molecule has 0 radical (unpaired) electrons. The fourth-order valence-corrected chi connectivity index (χ4v) is 6.97. The Bertz CT molecular complexity index is 1360. The zero-order chi connectivity index (χ0) is 26.6. The maximum Gasteiger partial charge on any atom is 0.269 e. The molecule has 0 saturated carbocycles. The first-order valence-electron chi connectivity index (χ1n) is 12.5. The molecular formula is C29H25N3O5S. The summed E-state index contributed by atoms with van der Waals surface area (Å²) in [6.07, 6.45) is 2.22. The summed E-state index contributed by atoms with van der Waals surface area (Å²) in [5.41, 5.74) is 4.59. The van der Waals surface area contributed by atoms with Crippen LogP contribution < -0.4 is 5.32 Å². The van der Waals surface area contributed by atoms with E-state index in [1.165, 1.54) is 40.9 Å². The van der Waals surface area contributed by atoms with E-state index in [2.05, 4.69) is 5.32 Å². The van der Waals surface area contributed by atoms with Gasteiger partial charge in [0.25, 0.3) is 5.69 Å². The van der Waals surface area contributed by atoms with E-state index in [0.717, 1.165) is 22.3 Å². The average molecular weight is 528 g/mol. The average Bonchev–Trinajstić information content (AvgIpc) is 3.19. The highest BCUT2D eigenvalue weighted by Crippen LogP contribution is 2.61. The van der Waals surface area contributed by atoms with Crippen LogP contribution in [-0.2, 0) is 14.4 Å². The Labute approximate surface area is 223 Å². The molecule has 4 aliphatic rings. The van der Waals surface area contributed by atoms with Gasteiger partial charge in [0.1, 0.15) is 6.04 Å². The van der Waals surface area contributed by atoms with Gasteiger partial charge in [-0.25, -0.2) is 0 Å². The van der Waals surface area contributed by atoms with Crippen molar-refractivity contribution in [1.82, 2.24) is 4.90 Å². The van der Waals surface area contributed by atoms with Gasteiger partial charge in [-0.15, -0.1) is 0 Å². The van der Waals surface area contributed by atoms with E-state index in [-0.39, 0.29) is 29.3 Å². The number of carbonyl (C=O) groups is 3. The maximum atomic E-state index is 14.1. The minimum atomic E-state index is -0.978. The Hall–Kier alpha value is -3.98. The third kappa shape index (κ3) is 3.64. The number of imide groups is 1. The molecule has 0 unspecified atom stereocenters. The van der Waals surface area contributed by atoms with Crippen molar-refractivity contribution in [2.24, 2.45) is 11.8 Å². The van der Waals surface area contributed by atoms with Gasteiger partial charge in [-0.2, -0.15) is 11.8 Å². The second kappa shape index (κ2) is 9.40. The fourth-order valence-electron chi connectivity index (χ4n) is 6.51. The van der Waals surface area contributed by atoms with Crippen LogP contribution in [-0.4, -0.2) is 45.6 Å². The van der Waals surface area contributed by atoms with Gasteiger partial charge in [-0.3, -0.25) is 29.4 Å². The summed E-state index contributed by atoms with van der Waals surface area (Å²) < 4.78 is 0. The van der Waals surface area contributed by atoms with Crippen molar-refractivity contribution in [1.29, 1.82) is 0 Å². The topological polar surface area (TPSA) is 110 Å². The molecule has 1 saturated heterocycles. The molecule has 7 rings (SSSR count). The summed E-state index contributed by atoms with van der Waals surface area (Å²) in [6.45, 7) is 0. The Morgan fingerprint density at radius 2 is 1.37 bits per heavy atom. The van der Waals surface area contributed by atoms with Crippen molar-refractivity contribution in [2.45, 2.75) is 24.3 Å². The molecule has 1 fully saturated rings. The Kier molecular flexibility index (Phi) is 6.03. The number of hydrogen-bond acceptors (Lipinski definition) is 6. The lowest BCUT2D eigenvalue weighted by Gasteiger charge is -2.45. The standard InChI is InChI=1S/C29H25N3O5S/c1-38-15-14-22(27(33)30-16-10-12-17(13-11-16)32(36)37)31-28(34)25-23-18-6-2-3-7-19(18)24(26(25)29(31)35)21-9-5-4-8-20(21)23/h2-13,22-26H,14-15H2,1H3,(H,30,33)/t22-,23?,24?,25+,26+/m1/s1. The molecule has 8 nitrogen and oxygen atoms in total. The number of nitrogens with one attached hydrogen (secondary N) is 1. The molecule has 3 aromatic carbocycles. The highest BCUT2D eigenvalue weighted by Gasteiger charge is 2.62. The third-order valence-corrected chi connectivity index (χ3v) is 8.68. The first-order valence-corrected chi connectivity index (χ1v) is 13.9. The van der Waals surface area contributed by atoms with E-state index in [1.807, 2.05) is 54.8 Å². The van der Waals surface area contributed by atoms with Crippen molar-refractivity contribution in [2.75, 3.05) is 17.3 Å². The Morgan fingerprint density at radius 3 is 1.79 bits per heavy atom. The second-order valence-electron chi connectivity index (χ2n) is 9.90. The van der Waals surface area contributed by atoms with Crippen LogP contribution in [0.15, 0.2) is 72.8 Å². The smallest absolute Gasteiger partial charge is 0.269 e. The number of nitro groups is 1. The largest absolute Gasteiger partial charge is 0.324 e. The molecule has 192 valence electrons. The lowest BCUT2D eigenvalue weighted by atomic mass is 9.55. The predicted octanol–water partition coefficient (Wildman–Crippen LogP) is 4.55. The van der Waals surface area contributed by atoms with Crippen molar-refractivity contribution in [3.8, 4) is 0 Å². The summed E-state index contributed by atoms with van der Waals surface area (Å²) in [5, 5.41) is 13.8. The summed E-state index contributed by atoms with van der Waals surface area (Å²) in [6, 6.07) is 20.6. The summed E-state index contributed by atoms with van der Waals surface area (Å²) in [7, 11) is 0. The number of carbonyl (C=O) groups excluding carboxylic acids is 3. The van der Waals surface area contributed by atoms with E-state index >= 15 is 0 Å². The SMILES string of the molecule is CSCC[C@H](C(=O)Nc1ccc([N+](=O)[O-])cc1)N1C(=O)[C@H]2C3c4ccccc4C(c4ccccc43)[C@@H]2C1=O. The highest BCUT2D eigenvalue weighted by atomic mass is 32.2. The quantitative estimate of drug-likeness (QED) is 0.274. The van der Waals surface area contributed by atoms with Crippen LogP contribution in [0.3, 0.4) is 0 Å². The molecule has 3 aliphatic carbocycles. The van der Waals surface area contributed by atoms with E-state index in [1.54, 1.807) is 0 Å². The molecule has 3 aromatic rings. The predicted molar refractivity (Wildman–Crippen MR) is 144 cm³/mol. The van der Waals surface area contributed by atoms with Crippen molar-refractivity contribution in [3.05, 3.63) is 105 Å². The fraction of sp³-hybridized carbons (Fsp3) is 0.276. The van der Waals surface area contributed by atoms with Crippen LogP contribution in [0.2, 0.25) is 0 Å². The maximum absolute atomic E-state index is 14.1. The van der Waals surface area contributed by atoms with Crippen molar-refractivity contribution >= 4 is 40.9 Å². The Morgan fingerprint density at radius 1 is 0.895 bits per heavy atom. The summed E-state index contributed by atoms with van der Waals surface area (Å²) >= 11 is 1.53. The molecule has 3 amide bonds. The second-order valence-corrected chi connectivity index (χ2v) is 10.9. The molecule has 2 bridgehead atoms. The first-order chi connectivity index (χ1) is 18.4. The lowest BCUT2D eigenvalue weighted by molar-refractivity contribution is -0.384. The number of rotatable bonds is 7. The number of nitro benzene ring substituents is 1. The van der Waals surface area contributed by atoms with E-state index < -0.39 is 28.7 Å². The van der Waals surface area contributed by atoms with Crippen LogP contribution in [0.25, 0.3) is 0 Å².